The highest BCUT2D eigenvalue weighted by molar-refractivity contribution is 5.76. The van der Waals surface area contributed by atoms with Gasteiger partial charge in [0.25, 0.3) is 0 Å². The zero-order valence-corrected chi connectivity index (χ0v) is 12.6. The number of fused-ring (bicyclic) bond motifs is 1. The molecule has 3 rings (SSSR count). The number of carbonyl (C=O) groups is 1. The van der Waals surface area contributed by atoms with Gasteiger partial charge in [-0.05, 0) is 43.9 Å². The van der Waals surface area contributed by atoms with Gasteiger partial charge in [-0.15, -0.1) is 0 Å². The Kier molecular flexibility index (Phi) is 4.56. The van der Waals surface area contributed by atoms with Gasteiger partial charge in [0, 0.05) is 6.54 Å². The van der Waals surface area contributed by atoms with Crippen molar-refractivity contribution in [1.29, 1.82) is 0 Å². The van der Waals surface area contributed by atoms with Gasteiger partial charge in [0.1, 0.15) is 6.04 Å². The van der Waals surface area contributed by atoms with Gasteiger partial charge in [0.05, 0.1) is 19.3 Å². The van der Waals surface area contributed by atoms with Gasteiger partial charge in [-0.2, -0.15) is 0 Å². The van der Waals surface area contributed by atoms with Crippen molar-refractivity contribution < 1.29 is 14.3 Å². The summed E-state index contributed by atoms with van der Waals surface area (Å²) < 4.78 is 11.2. The normalized spacial score (nSPS) is 25.6. The van der Waals surface area contributed by atoms with Crippen LogP contribution in [0.1, 0.15) is 37.0 Å². The Balaban J connectivity index is 1.70. The first-order valence-corrected chi connectivity index (χ1v) is 7.89. The van der Waals surface area contributed by atoms with Crippen LogP contribution < -0.4 is 0 Å². The maximum atomic E-state index is 12.0. The summed E-state index contributed by atoms with van der Waals surface area (Å²) in [5.74, 6) is -0.0842. The van der Waals surface area contributed by atoms with E-state index in [1.807, 2.05) is 6.92 Å². The molecule has 0 bridgehead atoms. The summed E-state index contributed by atoms with van der Waals surface area (Å²) in [6, 6.07) is 8.38. The molecule has 0 aliphatic carbocycles. The quantitative estimate of drug-likeness (QED) is 0.798. The van der Waals surface area contributed by atoms with Crippen molar-refractivity contribution in [2.24, 2.45) is 0 Å². The number of nitrogens with zero attached hydrogens (tertiary/aromatic N) is 1. The molecule has 2 aliphatic heterocycles. The second-order valence-electron chi connectivity index (χ2n) is 5.71. The molecule has 0 aromatic heterocycles. The molecule has 4 heteroatoms. The van der Waals surface area contributed by atoms with E-state index in [9.17, 15) is 4.79 Å². The number of esters is 1. The maximum absolute atomic E-state index is 12.0. The molecule has 1 aromatic carbocycles. The second-order valence-corrected chi connectivity index (χ2v) is 5.71. The average Bonchev–Trinajstić information content (AvgIpc) is 2.96. The molecule has 2 aliphatic rings. The van der Waals surface area contributed by atoms with E-state index >= 15 is 0 Å². The highest BCUT2D eigenvalue weighted by atomic mass is 16.5. The minimum atomic E-state index is -0.0948. The number of hydrogen-bond donors (Lipinski definition) is 0. The molecule has 114 valence electrons. The Morgan fingerprint density at radius 3 is 3.14 bits per heavy atom. The van der Waals surface area contributed by atoms with Crippen molar-refractivity contribution in [2.45, 2.75) is 38.3 Å². The van der Waals surface area contributed by atoms with E-state index < -0.39 is 0 Å². The van der Waals surface area contributed by atoms with Crippen molar-refractivity contribution in [3.63, 3.8) is 0 Å². The van der Waals surface area contributed by atoms with E-state index in [1.165, 1.54) is 11.1 Å². The third-order valence-corrected chi connectivity index (χ3v) is 4.42. The van der Waals surface area contributed by atoms with Gasteiger partial charge in [0.15, 0.2) is 0 Å². The highest BCUT2D eigenvalue weighted by Gasteiger charge is 2.34. The monoisotopic (exact) mass is 289 g/mol. The average molecular weight is 289 g/mol. The first-order valence-electron chi connectivity index (χ1n) is 7.89. The molecule has 4 nitrogen and oxygen atoms in total. The number of hydrogen-bond acceptors (Lipinski definition) is 4. The highest BCUT2D eigenvalue weighted by Crippen LogP contribution is 2.30. The minimum Gasteiger partial charge on any atom is -0.465 e. The SMILES string of the molecule is CCOC(=O)C1CCCN1CC1OCCc2ccccc21. The van der Waals surface area contributed by atoms with E-state index in [0.717, 1.165) is 39.0 Å². The molecule has 1 saturated heterocycles. The van der Waals surface area contributed by atoms with Crippen LogP contribution in [0.5, 0.6) is 0 Å². The Morgan fingerprint density at radius 2 is 2.29 bits per heavy atom. The smallest absolute Gasteiger partial charge is 0.323 e. The van der Waals surface area contributed by atoms with Crippen LogP contribution in [0.25, 0.3) is 0 Å². The molecule has 0 saturated carbocycles. The van der Waals surface area contributed by atoms with Crippen molar-refractivity contribution in [2.75, 3.05) is 26.3 Å². The van der Waals surface area contributed by atoms with E-state index in [0.29, 0.717) is 6.61 Å². The summed E-state index contributed by atoms with van der Waals surface area (Å²) >= 11 is 0. The topological polar surface area (TPSA) is 38.8 Å². The molecule has 21 heavy (non-hydrogen) atoms. The van der Waals surface area contributed by atoms with Gasteiger partial charge < -0.3 is 9.47 Å². The summed E-state index contributed by atoms with van der Waals surface area (Å²) in [5.41, 5.74) is 2.65. The lowest BCUT2D eigenvalue weighted by atomic mass is 9.97. The zero-order chi connectivity index (χ0) is 14.7. The van der Waals surface area contributed by atoms with Gasteiger partial charge in [-0.1, -0.05) is 24.3 Å². The molecule has 0 N–H and O–H groups in total. The van der Waals surface area contributed by atoms with E-state index in [-0.39, 0.29) is 18.1 Å². The summed E-state index contributed by atoms with van der Waals surface area (Å²) in [5, 5.41) is 0. The molecular weight excluding hydrogens is 266 g/mol. The third kappa shape index (κ3) is 3.11. The van der Waals surface area contributed by atoms with Crippen molar-refractivity contribution in [3.05, 3.63) is 35.4 Å². The minimum absolute atomic E-state index is 0.0741. The third-order valence-electron chi connectivity index (χ3n) is 4.42. The first kappa shape index (κ1) is 14.5. The summed E-state index contributed by atoms with van der Waals surface area (Å²) in [6.07, 6.45) is 3.00. The Hall–Kier alpha value is -1.39. The molecule has 2 heterocycles. The summed E-state index contributed by atoms with van der Waals surface area (Å²) in [6.45, 7) is 4.80. The Labute approximate surface area is 126 Å². The fraction of sp³-hybridized carbons (Fsp3) is 0.588. The molecule has 0 radical (unpaired) electrons. The zero-order valence-electron chi connectivity index (χ0n) is 12.6. The van der Waals surface area contributed by atoms with Gasteiger partial charge in [0.2, 0.25) is 0 Å². The van der Waals surface area contributed by atoms with Crippen LogP contribution in [0, 0.1) is 0 Å². The van der Waals surface area contributed by atoms with Crippen LogP contribution >= 0.6 is 0 Å². The number of ether oxygens (including phenoxy) is 2. The Morgan fingerprint density at radius 1 is 1.43 bits per heavy atom. The van der Waals surface area contributed by atoms with Crippen molar-refractivity contribution >= 4 is 5.97 Å². The molecule has 1 fully saturated rings. The molecule has 0 amide bonds. The lowest BCUT2D eigenvalue weighted by Crippen LogP contribution is -2.40. The van der Waals surface area contributed by atoms with Crippen LogP contribution in [0.4, 0.5) is 0 Å². The largest absolute Gasteiger partial charge is 0.465 e. The molecular formula is C17H23NO3. The summed E-state index contributed by atoms with van der Waals surface area (Å²) in [7, 11) is 0. The molecule has 1 aromatic rings. The van der Waals surface area contributed by atoms with Crippen LogP contribution in [-0.2, 0) is 20.7 Å². The second kappa shape index (κ2) is 6.58. The molecule has 0 spiro atoms. The first-order chi connectivity index (χ1) is 10.3. The predicted octanol–water partition coefficient (Wildman–Crippen LogP) is 2.33. The maximum Gasteiger partial charge on any atom is 0.323 e. The van der Waals surface area contributed by atoms with E-state index in [1.54, 1.807) is 0 Å². The fourth-order valence-corrected chi connectivity index (χ4v) is 3.39. The number of carbonyl (C=O) groups excluding carboxylic acids is 1. The molecule has 2 unspecified atom stereocenters. The standard InChI is InChI=1S/C17H23NO3/c1-2-20-17(19)15-8-5-10-18(15)12-16-14-7-4-3-6-13(14)9-11-21-16/h3-4,6-7,15-16H,2,5,8-12H2,1H3. The Bertz CT molecular complexity index is 503. The van der Waals surface area contributed by atoms with Crippen LogP contribution in [0.3, 0.4) is 0 Å². The van der Waals surface area contributed by atoms with E-state index in [2.05, 4.69) is 29.2 Å². The van der Waals surface area contributed by atoms with Gasteiger partial charge >= 0.3 is 5.97 Å². The predicted molar refractivity (Wildman–Crippen MR) is 80.1 cm³/mol. The van der Waals surface area contributed by atoms with Gasteiger partial charge in [-0.3, -0.25) is 9.69 Å². The van der Waals surface area contributed by atoms with Gasteiger partial charge in [-0.25, -0.2) is 0 Å². The molecule has 2 atom stereocenters. The van der Waals surface area contributed by atoms with Crippen LogP contribution in [0.2, 0.25) is 0 Å². The summed E-state index contributed by atoms with van der Waals surface area (Å²) in [4.78, 5) is 14.3. The van der Waals surface area contributed by atoms with Crippen LogP contribution in [-0.4, -0.2) is 43.2 Å². The lowest BCUT2D eigenvalue weighted by Gasteiger charge is -2.31. The van der Waals surface area contributed by atoms with Crippen molar-refractivity contribution in [3.8, 4) is 0 Å². The number of likely N-dealkylation sites (tertiary alicyclic amines) is 1. The number of benzene rings is 1. The lowest BCUT2D eigenvalue weighted by molar-refractivity contribution is -0.149. The van der Waals surface area contributed by atoms with Crippen molar-refractivity contribution in [1.82, 2.24) is 4.90 Å². The van der Waals surface area contributed by atoms with E-state index in [4.69, 9.17) is 9.47 Å². The number of rotatable bonds is 4. The fourth-order valence-electron chi connectivity index (χ4n) is 3.39. The van der Waals surface area contributed by atoms with Crippen LogP contribution in [0.15, 0.2) is 24.3 Å².